The predicted molar refractivity (Wildman–Crippen MR) is 50.1 cm³/mol. The van der Waals surface area contributed by atoms with Crippen molar-refractivity contribution in [2.75, 3.05) is 0 Å². The van der Waals surface area contributed by atoms with Gasteiger partial charge in [0.15, 0.2) is 0 Å². The van der Waals surface area contributed by atoms with Gasteiger partial charge in [0, 0.05) is 0 Å². The maximum Gasteiger partial charge on any atom is -0.0311 e. The van der Waals surface area contributed by atoms with Gasteiger partial charge in [0.05, 0.1) is 0 Å². The average Bonchev–Trinajstić information content (AvgIpc) is 1.91. The van der Waals surface area contributed by atoms with Gasteiger partial charge in [0.1, 0.15) is 0 Å². The van der Waals surface area contributed by atoms with Gasteiger partial charge in [0.2, 0.25) is 0 Å². The molecule has 0 N–H and O–H groups in total. The van der Waals surface area contributed by atoms with Gasteiger partial charge in [-0.15, -0.1) is 0 Å². The van der Waals surface area contributed by atoms with Gasteiger partial charge in [-0.1, -0.05) is 50.8 Å². The zero-order chi connectivity index (χ0) is 7.11. The van der Waals surface area contributed by atoms with Crippen LogP contribution in [0.3, 0.4) is 0 Å². The monoisotopic (exact) mass is 138 g/mol. The smallest absolute Gasteiger partial charge is 0.0311 e. The van der Waals surface area contributed by atoms with Gasteiger partial charge < -0.3 is 0 Å². The molecule has 0 aliphatic heterocycles. The summed E-state index contributed by atoms with van der Waals surface area (Å²) in [4.78, 5) is 0. The van der Waals surface area contributed by atoms with E-state index < -0.39 is 0 Å². The summed E-state index contributed by atoms with van der Waals surface area (Å²) < 4.78 is 0. The third-order valence-corrected chi connectivity index (χ3v) is 1.23. The molecule has 58 valence electrons. The van der Waals surface area contributed by atoms with E-state index in [1.54, 1.807) is 6.08 Å². The second-order valence-corrected chi connectivity index (χ2v) is 1.81. The molecule has 0 aromatic carbocycles. The molecule has 0 aromatic rings. The molecule has 0 aliphatic rings. The van der Waals surface area contributed by atoms with E-state index in [9.17, 15) is 0 Å². The minimum Gasteiger partial charge on any atom is -0.0991 e. The van der Waals surface area contributed by atoms with Crippen molar-refractivity contribution in [3.05, 3.63) is 36.5 Å². The van der Waals surface area contributed by atoms with Crippen LogP contribution in [0.1, 0.15) is 27.7 Å². The summed E-state index contributed by atoms with van der Waals surface area (Å²) in [7, 11) is 0. The highest BCUT2D eigenvalue weighted by Gasteiger charge is 1.80. The Bertz CT molecular complexity index is 127. The van der Waals surface area contributed by atoms with Crippen molar-refractivity contribution in [3.8, 4) is 0 Å². The lowest BCUT2D eigenvalue weighted by Crippen LogP contribution is -1.69. The van der Waals surface area contributed by atoms with Crippen LogP contribution in [0.2, 0.25) is 0 Å². The molecule has 0 rings (SSSR count). The summed E-state index contributed by atoms with van der Waals surface area (Å²) in [5.74, 6) is 0. The fourth-order valence-corrected chi connectivity index (χ4v) is 0.610. The molecule has 0 bridgehead atoms. The Morgan fingerprint density at radius 3 is 2.40 bits per heavy atom. The van der Waals surface area contributed by atoms with Crippen molar-refractivity contribution in [1.29, 1.82) is 0 Å². The van der Waals surface area contributed by atoms with Crippen LogP contribution in [0.4, 0.5) is 0 Å². The summed E-state index contributed by atoms with van der Waals surface area (Å²) in [6, 6.07) is 0. The van der Waals surface area contributed by atoms with Crippen LogP contribution in [0.5, 0.6) is 0 Å². The van der Waals surface area contributed by atoms with Gasteiger partial charge in [-0.2, -0.15) is 0 Å². The van der Waals surface area contributed by atoms with E-state index in [0.29, 0.717) is 0 Å². The maximum absolute atomic E-state index is 3.59. The highest BCUT2D eigenvalue weighted by molar-refractivity contribution is 5.20. The van der Waals surface area contributed by atoms with Crippen LogP contribution in [0, 0.1) is 0 Å². The molecule has 0 fully saturated rings. The Balaban J connectivity index is 0. The molecule has 0 heteroatoms. The van der Waals surface area contributed by atoms with E-state index in [2.05, 4.69) is 25.7 Å². The molecule has 0 aliphatic carbocycles. The Hall–Kier alpha value is -0.780. The molecular formula is C10H18. The summed E-state index contributed by atoms with van der Waals surface area (Å²) >= 11 is 0. The van der Waals surface area contributed by atoms with E-state index in [4.69, 9.17) is 0 Å². The highest BCUT2D eigenvalue weighted by atomic mass is 13.9. The van der Waals surface area contributed by atoms with Gasteiger partial charge >= 0.3 is 0 Å². The van der Waals surface area contributed by atoms with E-state index in [0.717, 1.165) is 6.42 Å². The van der Waals surface area contributed by atoms with Gasteiger partial charge in [-0.05, 0) is 13.3 Å². The van der Waals surface area contributed by atoms with Crippen LogP contribution >= 0.6 is 0 Å². The van der Waals surface area contributed by atoms with Gasteiger partial charge in [0.25, 0.3) is 0 Å². The third-order valence-electron chi connectivity index (χ3n) is 1.23. The molecule has 0 saturated carbocycles. The molecule has 0 heterocycles. The highest BCUT2D eigenvalue weighted by Crippen LogP contribution is 2.00. The van der Waals surface area contributed by atoms with Crippen molar-refractivity contribution in [2.24, 2.45) is 0 Å². The Kier molecular flexibility index (Phi) is 9.82. The molecule has 0 saturated heterocycles. The van der Waals surface area contributed by atoms with Crippen molar-refractivity contribution in [3.63, 3.8) is 0 Å². The summed E-state index contributed by atoms with van der Waals surface area (Å²) in [6.45, 7) is 7.78. The lowest BCUT2D eigenvalue weighted by atomic mass is 10.2. The summed E-state index contributed by atoms with van der Waals surface area (Å²) in [5, 5.41) is 0. The average molecular weight is 138 g/mol. The van der Waals surface area contributed by atoms with Crippen LogP contribution < -0.4 is 0 Å². The first-order chi connectivity index (χ1) is 4.35. The third kappa shape index (κ3) is 5.36. The van der Waals surface area contributed by atoms with Crippen molar-refractivity contribution in [1.82, 2.24) is 0 Å². The standard InChI is InChI=1S/C9H14.CH4/c1-4-7-8-9(5-2)6-3;/h4-5,7-8H,1,6H2,2-3H3;1H4/b8-7-,9-5-;. The van der Waals surface area contributed by atoms with Crippen LogP contribution in [0.15, 0.2) is 36.5 Å². The van der Waals surface area contributed by atoms with E-state index in [1.165, 1.54) is 5.57 Å². The van der Waals surface area contributed by atoms with Crippen molar-refractivity contribution >= 4 is 0 Å². The quantitative estimate of drug-likeness (QED) is 0.521. The van der Waals surface area contributed by atoms with Crippen LogP contribution in [-0.4, -0.2) is 0 Å². The maximum atomic E-state index is 3.59. The number of allylic oxidation sites excluding steroid dienone is 5. The molecule has 10 heavy (non-hydrogen) atoms. The minimum absolute atomic E-state index is 0. The molecule has 0 nitrogen and oxygen atoms in total. The number of rotatable bonds is 3. The fraction of sp³-hybridized carbons (Fsp3) is 0.400. The zero-order valence-electron chi connectivity index (χ0n) is 6.22. The Morgan fingerprint density at radius 2 is 2.10 bits per heavy atom. The molecular weight excluding hydrogens is 120 g/mol. The van der Waals surface area contributed by atoms with E-state index in [1.807, 2.05) is 13.0 Å². The SMILES string of the molecule is C.C=C/C=C\C(=C/C)CC. The Labute approximate surface area is 65.0 Å². The largest absolute Gasteiger partial charge is 0.0991 e. The molecule has 0 unspecified atom stereocenters. The molecule has 0 aromatic heterocycles. The topological polar surface area (TPSA) is 0 Å². The number of hydrogen-bond donors (Lipinski definition) is 0. The van der Waals surface area contributed by atoms with Gasteiger partial charge in [-0.3, -0.25) is 0 Å². The lowest BCUT2D eigenvalue weighted by Gasteiger charge is -1.90. The molecule has 0 atom stereocenters. The molecule has 0 radical (unpaired) electrons. The second kappa shape index (κ2) is 8.22. The van der Waals surface area contributed by atoms with Gasteiger partial charge in [-0.25, -0.2) is 0 Å². The fourth-order valence-electron chi connectivity index (χ4n) is 0.610. The first-order valence-corrected chi connectivity index (χ1v) is 3.29. The number of hydrogen-bond acceptors (Lipinski definition) is 0. The first kappa shape index (κ1) is 12.0. The second-order valence-electron chi connectivity index (χ2n) is 1.81. The van der Waals surface area contributed by atoms with E-state index >= 15 is 0 Å². The normalized spacial score (nSPS) is 11.2. The molecule has 0 spiro atoms. The minimum atomic E-state index is 0. The first-order valence-electron chi connectivity index (χ1n) is 3.29. The van der Waals surface area contributed by atoms with Crippen LogP contribution in [0.25, 0.3) is 0 Å². The van der Waals surface area contributed by atoms with Crippen molar-refractivity contribution in [2.45, 2.75) is 27.7 Å². The lowest BCUT2D eigenvalue weighted by molar-refractivity contribution is 1.14. The summed E-state index contributed by atoms with van der Waals surface area (Å²) in [6.07, 6.45) is 9.03. The van der Waals surface area contributed by atoms with Crippen molar-refractivity contribution < 1.29 is 0 Å². The predicted octanol–water partition coefficient (Wildman–Crippen LogP) is 3.72. The summed E-state index contributed by atoms with van der Waals surface area (Å²) in [5.41, 5.74) is 1.36. The Morgan fingerprint density at radius 1 is 1.50 bits per heavy atom. The molecule has 0 amide bonds. The van der Waals surface area contributed by atoms with E-state index in [-0.39, 0.29) is 7.43 Å². The zero-order valence-corrected chi connectivity index (χ0v) is 6.22. The van der Waals surface area contributed by atoms with Crippen LogP contribution in [-0.2, 0) is 0 Å².